The minimum atomic E-state index is 0.216. The molecular weight excluding hydrogens is 402 g/mol. The summed E-state index contributed by atoms with van der Waals surface area (Å²) in [5.41, 5.74) is 9.23. The largest absolute Gasteiger partial charge is 0.352 e. The van der Waals surface area contributed by atoms with E-state index >= 15 is 0 Å². The van der Waals surface area contributed by atoms with Crippen LogP contribution in [0.25, 0.3) is 33.1 Å². The van der Waals surface area contributed by atoms with Crippen LogP contribution in [0.1, 0.15) is 43.9 Å². The van der Waals surface area contributed by atoms with Crippen molar-refractivity contribution in [3.63, 3.8) is 0 Å². The van der Waals surface area contributed by atoms with Crippen LogP contribution in [0, 0.1) is 25.3 Å². The average Bonchev–Trinajstić information content (AvgIpc) is 3.14. The van der Waals surface area contributed by atoms with Crippen LogP contribution in [0.2, 0.25) is 0 Å². The number of fused-ring (bicyclic) bond motifs is 3. The van der Waals surface area contributed by atoms with Gasteiger partial charge >= 0.3 is 5.58 Å². The Labute approximate surface area is 196 Å². The van der Waals surface area contributed by atoms with Gasteiger partial charge in [0, 0.05) is 12.1 Å². The number of nitrogens with zero attached hydrogens (tertiary/aromatic N) is 1. The van der Waals surface area contributed by atoms with E-state index in [1.165, 1.54) is 22.3 Å². The minimum absolute atomic E-state index is 0.216. The van der Waals surface area contributed by atoms with E-state index < -0.39 is 0 Å². The molecule has 2 heteroatoms. The van der Waals surface area contributed by atoms with Crippen molar-refractivity contribution in [2.24, 2.45) is 5.41 Å². The molecule has 5 rings (SSSR count). The van der Waals surface area contributed by atoms with E-state index in [2.05, 4.69) is 114 Å². The maximum Gasteiger partial charge on any atom is 0.352 e. The summed E-state index contributed by atoms with van der Waals surface area (Å²) in [7, 11) is 0. The molecule has 0 fully saturated rings. The van der Waals surface area contributed by atoms with Crippen LogP contribution in [0.3, 0.4) is 0 Å². The van der Waals surface area contributed by atoms with E-state index in [1.54, 1.807) is 0 Å². The number of benzene rings is 3. The normalized spacial score (nSPS) is 14.4. The third-order valence-electron chi connectivity index (χ3n) is 6.33. The smallest absolute Gasteiger partial charge is 0.336 e. The highest BCUT2D eigenvalue weighted by atomic mass is 16.3. The predicted octanol–water partition coefficient (Wildman–Crippen LogP) is 8.35. The van der Waals surface area contributed by atoms with Gasteiger partial charge in [0.1, 0.15) is 0 Å². The fourth-order valence-electron chi connectivity index (χ4n) is 4.75. The molecule has 33 heavy (non-hydrogen) atoms. The second-order valence-corrected chi connectivity index (χ2v) is 10.4. The van der Waals surface area contributed by atoms with Gasteiger partial charge in [-0.15, -0.1) is 29.4 Å². The standard InChI is InChI=1S/C31H31NO/c1-20-10-13-23(14-11-20)24-8-7-9-25-26-15-12-21(2)28(30(26)33-29(24)25)27-18-22(16-17-32(27)6)19-31(3,4)5/h7-18H,6,19H2,1-5H3. The van der Waals surface area contributed by atoms with E-state index in [0.29, 0.717) is 0 Å². The first-order valence-electron chi connectivity index (χ1n) is 11.6. The van der Waals surface area contributed by atoms with Gasteiger partial charge < -0.3 is 4.58 Å². The Morgan fingerprint density at radius 3 is 2.45 bits per heavy atom. The minimum Gasteiger partial charge on any atom is -0.336 e. The van der Waals surface area contributed by atoms with Crippen LogP contribution in [-0.2, 0) is 0 Å². The Bertz CT molecular complexity index is 1440. The Hall–Kier alpha value is -3.52. The van der Waals surface area contributed by atoms with Gasteiger partial charge in [-0.1, -0.05) is 76.1 Å². The molecule has 0 spiro atoms. The molecule has 0 amide bonds. The highest BCUT2D eigenvalue weighted by molar-refractivity contribution is 6.11. The van der Waals surface area contributed by atoms with Crippen LogP contribution in [-0.4, -0.2) is 11.3 Å². The first-order valence-corrected chi connectivity index (χ1v) is 11.6. The predicted molar refractivity (Wildman–Crippen MR) is 140 cm³/mol. The summed E-state index contributed by atoms with van der Waals surface area (Å²) in [5.74, 6) is 0. The number of hydrogen-bond donors (Lipinski definition) is 0. The Morgan fingerprint density at radius 2 is 1.73 bits per heavy atom. The number of furan rings is 1. The summed E-state index contributed by atoms with van der Waals surface area (Å²) in [6.07, 6.45) is 7.52. The van der Waals surface area contributed by atoms with Gasteiger partial charge in [0.25, 0.3) is 5.58 Å². The lowest BCUT2D eigenvalue weighted by Crippen LogP contribution is -2.17. The van der Waals surface area contributed by atoms with Crippen LogP contribution < -0.4 is 0 Å². The zero-order valence-electron chi connectivity index (χ0n) is 20.2. The van der Waals surface area contributed by atoms with Gasteiger partial charge in [-0.25, -0.2) is 0 Å². The van der Waals surface area contributed by atoms with Gasteiger partial charge in [-0.2, -0.15) is 0 Å². The molecule has 0 saturated heterocycles. The van der Waals surface area contributed by atoms with Gasteiger partial charge in [0.05, 0.1) is 23.2 Å². The molecule has 0 atom stereocenters. The average molecular weight is 434 g/mol. The van der Waals surface area contributed by atoms with Crippen LogP contribution in [0.4, 0.5) is 0 Å². The third kappa shape index (κ3) is 3.91. The SMILES string of the molecule is C=[N+]1C=CC(CC(C)(C)C)=C[C-]1c1c(C)ccc2c3cccc(-c4ccc(C)cc4)c3[o+][c-]12. The molecular formula is C31H31NO. The van der Waals surface area contributed by atoms with Crippen LogP contribution in [0.5, 0.6) is 0 Å². The second-order valence-electron chi connectivity index (χ2n) is 10.4. The van der Waals surface area contributed by atoms with Crippen molar-refractivity contribution < 1.29 is 8.99 Å². The second kappa shape index (κ2) is 7.81. The lowest BCUT2D eigenvalue weighted by Gasteiger charge is -2.29. The summed E-state index contributed by atoms with van der Waals surface area (Å²) in [6.45, 7) is 15.4. The van der Waals surface area contributed by atoms with E-state index in [0.717, 1.165) is 45.5 Å². The van der Waals surface area contributed by atoms with Gasteiger partial charge in [-0.05, 0) is 35.6 Å². The van der Waals surface area contributed by atoms with Crippen molar-refractivity contribution in [2.45, 2.75) is 41.0 Å². The molecule has 0 bridgehead atoms. The maximum atomic E-state index is 6.69. The van der Waals surface area contributed by atoms with E-state index in [9.17, 15) is 0 Å². The molecule has 4 aromatic rings. The number of rotatable bonds is 3. The first kappa shape index (κ1) is 21.3. The van der Waals surface area contributed by atoms with Crippen molar-refractivity contribution >= 4 is 28.7 Å². The number of hydrogen-bond acceptors (Lipinski definition) is 0. The molecule has 0 N–H and O–H groups in total. The zero-order chi connectivity index (χ0) is 23.3. The van der Waals surface area contributed by atoms with Crippen molar-refractivity contribution in [3.8, 4) is 11.1 Å². The lowest BCUT2D eigenvalue weighted by atomic mass is 9.85. The Morgan fingerprint density at radius 1 is 0.970 bits per heavy atom. The molecule has 1 aliphatic rings. The summed E-state index contributed by atoms with van der Waals surface area (Å²) in [4.78, 5) is 0. The molecule has 1 aromatic heterocycles. The molecule has 2 heterocycles. The summed E-state index contributed by atoms with van der Waals surface area (Å²) < 4.78 is 8.65. The van der Waals surface area contributed by atoms with Crippen molar-refractivity contribution in [1.29, 1.82) is 0 Å². The topological polar surface area (TPSA) is 14.3 Å². The van der Waals surface area contributed by atoms with E-state index in [4.69, 9.17) is 4.42 Å². The van der Waals surface area contributed by atoms with Crippen LogP contribution in [0.15, 0.2) is 82.9 Å². The molecule has 2 nitrogen and oxygen atoms in total. The number of allylic oxidation sites excluding steroid dienone is 2. The van der Waals surface area contributed by atoms with Gasteiger partial charge in [-0.3, -0.25) is 4.42 Å². The fourth-order valence-corrected chi connectivity index (χ4v) is 4.75. The van der Waals surface area contributed by atoms with Crippen molar-refractivity contribution in [3.05, 3.63) is 101 Å². The van der Waals surface area contributed by atoms with Crippen molar-refractivity contribution in [2.75, 3.05) is 0 Å². The molecule has 3 aromatic carbocycles. The summed E-state index contributed by atoms with van der Waals surface area (Å²) in [5, 5.41) is 2.28. The fraction of sp³-hybridized carbons (Fsp3) is 0.226. The van der Waals surface area contributed by atoms with E-state index in [1.807, 2.05) is 4.58 Å². The maximum absolute atomic E-state index is 6.69. The molecule has 0 radical (unpaired) electrons. The van der Waals surface area contributed by atoms with Gasteiger partial charge in [0.2, 0.25) is 0 Å². The third-order valence-corrected chi connectivity index (χ3v) is 6.33. The number of para-hydroxylation sites is 1. The van der Waals surface area contributed by atoms with Crippen LogP contribution >= 0.6 is 0 Å². The Kier molecular flexibility index (Phi) is 5.05. The first-order chi connectivity index (χ1) is 15.7. The monoisotopic (exact) mass is 433 g/mol. The number of aryl methyl sites for hydroxylation is 2. The molecule has 166 valence electrons. The van der Waals surface area contributed by atoms with Gasteiger partial charge in [0.15, 0.2) is 0 Å². The quantitative estimate of drug-likeness (QED) is 0.180. The highest BCUT2D eigenvalue weighted by Crippen LogP contribution is 2.41. The highest BCUT2D eigenvalue weighted by Gasteiger charge is 2.26. The molecule has 0 aliphatic carbocycles. The molecule has 0 unspecified atom stereocenters. The lowest BCUT2D eigenvalue weighted by molar-refractivity contribution is -0.418. The van der Waals surface area contributed by atoms with E-state index in [-0.39, 0.29) is 5.41 Å². The molecule has 1 aliphatic heterocycles. The zero-order valence-corrected chi connectivity index (χ0v) is 20.2. The molecule has 0 saturated carbocycles. The Balaban J connectivity index is 1.72. The van der Waals surface area contributed by atoms with Crippen molar-refractivity contribution in [1.82, 2.24) is 0 Å². The summed E-state index contributed by atoms with van der Waals surface area (Å²) in [6, 6.07) is 20.5. The summed E-state index contributed by atoms with van der Waals surface area (Å²) >= 11 is 0.